The standard InChI is InChI=1S/C33H34N10O2/c44-23-7-21-43(22-8-24-45)33-37-31(34-25-13-17-29(18-14-25)41-39-27-9-3-1-4-10-27)36-32(38-33)35-26-15-19-30(20-16-26)42-40-28-11-5-2-6-12-28/h1-6,9-20,44-45H,7-8,21-24H2,(H2,34,35,36,37,38). The molecule has 5 rings (SSSR count). The third kappa shape index (κ3) is 9.71. The Morgan fingerprint density at radius 3 is 1.24 bits per heavy atom. The molecule has 0 saturated carbocycles. The van der Waals surface area contributed by atoms with Crippen molar-refractivity contribution in [2.24, 2.45) is 20.5 Å². The van der Waals surface area contributed by atoms with Gasteiger partial charge in [0.1, 0.15) is 0 Å². The first-order valence-electron chi connectivity index (χ1n) is 14.6. The predicted molar refractivity (Wildman–Crippen MR) is 176 cm³/mol. The number of rotatable bonds is 15. The summed E-state index contributed by atoms with van der Waals surface area (Å²) in [5.74, 6) is 1.07. The van der Waals surface area contributed by atoms with Gasteiger partial charge in [0, 0.05) is 37.7 Å². The van der Waals surface area contributed by atoms with Gasteiger partial charge >= 0.3 is 0 Å². The van der Waals surface area contributed by atoms with E-state index in [-0.39, 0.29) is 13.2 Å². The lowest BCUT2D eigenvalue weighted by Gasteiger charge is -2.23. The molecule has 0 radical (unpaired) electrons. The van der Waals surface area contributed by atoms with Gasteiger partial charge in [-0.15, -0.1) is 0 Å². The Balaban J connectivity index is 1.35. The van der Waals surface area contributed by atoms with Crippen LogP contribution in [0.4, 0.5) is 52.0 Å². The minimum Gasteiger partial charge on any atom is -0.396 e. The average Bonchev–Trinajstić information content (AvgIpc) is 3.08. The molecule has 1 aromatic heterocycles. The number of nitrogens with zero attached hydrogens (tertiary/aromatic N) is 8. The summed E-state index contributed by atoms with van der Waals surface area (Å²) in [6.45, 7) is 1.08. The number of azo groups is 2. The molecule has 4 N–H and O–H groups in total. The minimum absolute atomic E-state index is 0.0266. The van der Waals surface area contributed by atoms with Gasteiger partial charge in [0.25, 0.3) is 0 Å². The highest BCUT2D eigenvalue weighted by Gasteiger charge is 2.14. The first-order chi connectivity index (χ1) is 22.2. The van der Waals surface area contributed by atoms with Gasteiger partial charge in [-0.3, -0.25) is 0 Å². The van der Waals surface area contributed by atoms with Crippen LogP contribution in [0.3, 0.4) is 0 Å². The summed E-state index contributed by atoms with van der Waals surface area (Å²) in [4.78, 5) is 15.9. The van der Waals surface area contributed by atoms with Crippen molar-refractivity contribution in [2.45, 2.75) is 12.8 Å². The first kappa shape index (κ1) is 30.9. The van der Waals surface area contributed by atoms with Crippen molar-refractivity contribution in [3.05, 3.63) is 109 Å². The SMILES string of the molecule is OCCCN(CCCO)c1nc(Nc2ccc(N=Nc3ccccc3)cc2)nc(Nc2ccc(N=Nc3ccccc3)cc2)n1. The normalized spacial score (nSPS) is 11.2. The molecule has 0 fully saturated rings. The fourth-order valence-corrected chi connectivity index (χ4v) is 4.15. The molecule has 1 heterocycles. The maximum Gasteiger partial charge on any atom is 0.233 e. The Morgan fingerprint density at radius 2 is 0.867 bits per heavy atom. The molecule has 45 heavy (non-hydrogen) atoms. The van der Waals surface area contributed by atoms with Crippen LogP contribution < -0.4 is 15.5 Å². The summed E-state index contributed by atoms with van der Waals surface area (Å²) in [7, 11) is 0. The van der Waals surface area contributed by atoms with Crippen molar-refractivity contribution in [3.63, 3.8) is 0 Å². The topological polar surface area (TPSA) is 156 Å². The number of benzene rings is 4. The molecule has 0 atom stereocenters. The molecule has 0 saturated heterocycles. The Labute approximate surface area is 261 Å². The van der Waals surface area contributed by atoms with Gasteiger partial charge < -0.3 is 25.7 Å². The van der Waals surface area contributed by atoms with Crippen LogP contribution in [0.5, 0.6) is 0 Å². The number of aliphatic hydroxyl groups excluding tert-OH is 2. The van der Waals surface area contributed by atoms with Gasteiger partial charge in [-0.05, 0) is 85.6 Å². The van der Waals surface area contributed by atoms with E-state index < -0.39 is 0 Å². The second-order valence-electron chi connectivity index (χ2n) is 9.84. The van der Waals surface area contributed by atoms with Crippen LogP contribution in [0.2, 0.25) is 0 Å². The second kappa shape index (κ2) is 16.3. The lowest BCUT2D eigenvalue weighted by Crippen LogP contribution is -2.29. The molecule has 0 aliphatic heterocycles. The van der Waals surface area contributed by atoms with Crippen molar-refractivity contribution in [2.75, 3.05) is 41.8 Å². The smallest absolute Gasteiger partial charge is 0.233 e. The molecular weight excluding hydrogens is 568 g/mol. The molecule has 228 valence electrons. The average molecular weight is 603 g/mol. The maximum absolute atomic E-state index is 9.45. The van der Waals surface area contributed by atoms with Crippen LogP contribution in [0.25, 0.3) is 0 Å². The zero-order valence-corrected chi connectivity index (χ0v) is 24.6. The third-order valence-corrected chi connectivity index (χ3v) is 6.40. The van der Waals surface area contributed by atoms with Gasteiger partial charge in [-0.25, -0.2) is 0 Å². The largest absolute Gasteiger partial charge is 0.396 e. The van der Waals surface area contributed by atoms with Crippen LogP contribution >= 0.6 is 0 Å². The summed E-state index contributed by atoms with van der Waals surface area (Å²) in [6.07, 6.45) is 1.06. The van der Waals surface area contributed by atoms with E-state index in [9.17, 15) is 10.2 Å². The summed E-state index contributed by atoms with van der Waals surface area (Å²) in [5, 5.41) is 42.5. The Bertz CT molecular complexity index is 1550. The number of anilines is 5. The monoisotopic (exact) mass is 602 g/mol. The van der Waals surface area contributed by atoms with E-state index in [1.54, 1.807) is 0 Å². The molecule has 0 bridgehead atoms. The summed E-state index contributed by atoms with van der Waals surface area (Å²) in [6, 6.07) is 33.9. The lowest BCUT2D eigenvalue weighted by molar-refractivity contribution is 0.281. The molecule has 5 aromatic rings. The lowest BCUT2D eigenvalue weighted by atomic mass is 10.3. The zero-order chi connectivity index (χ0) is 31.1. The Kier molecular flexibility index (Phi) is 11.2. The third-order valence-electron chi connectivity index (χ3n) is 6.40. The molecular formula is C33H34N10O2. The summed E-state index contributed by atoms with van der Waals surface area (Å²) >= 11 is 0. The number of hydrogen-bond acceptors (Lipinski definition) is 12. The van der Waals surface area contributed by atoms with Crippen LogP contribution in [0.1, 0.15) is 12.8 Å². The van der Waals surface area contributed by atoms with Crippen LogP contribution in [-0.2, 0) is 0 Å². The summed E-state index contributed by atoms with van der Waals surface area (Å²) in [5.41, 5.74) is 4.46. The van der Waals surface area contributed by atoms with E-state index in [0.717, 1.165) is 22.7 Å². The molecule has 0 spiro atoms. The first-order valence-corrected chi connectivity index (χ1v) is 14.6. The highest BCUT2D eigenvalue weighted by molar-refractivity contribution is 5.62. The van der Waals surface area contributed by atoms with Gasteiger partial charge in [0.15, 0.2) is 0 Å². The number of aliphatic hydroxyl groups is 2. The van der Waals surface area contributed by atoms with E-state index in [1.807, 2.05) is 114 Å². The molecule has 4 aromatic carbocycles. The van der Waals surface area contributed by atoms with E-state index in [0.29, 0.717) is 55.2 Å². The van der Waals surface area contributed by atoms with E-state index >= 15 is 0 Å². The Morgan fingerprint density at radius 1 is 0.489 bits per heavy atom. The number of hydrogen-bond donors (Lipinski definition) is 4. The van der Waals surface area contributed by atoms with Gasteiger partial charge in [-0.1, -0.05) is 36.4 Å². The van der Waals surface area contributed by atoms with Crippen molar-refractivity contribution in [3.8, 4) is 0 Å². The summed E-state index contributed by atoms with van der Waals surface area (Å²) < 4.78 is 0. The predicted octanol–water partition coefficient (Wildman–Crippen LogP) is 7.76. The maximum atomic E-state index is 9.45. The van der Waals surface area contributed by atoms with E-state index in [4.69, 9.17) is 0 Å². The minimum atomic E-state index is 0.0266. The zero-order valence-electron chi connectivity index (χ0n) is 24.6. The van der Waals surface area contributed by atoms with Crippen LogP contribution in [0.15, 0.2) is 130 Å². The number of nitrogens with one attached hydrogen (secondary N) is 2. The van der Waals surface area contributed by atoms with Crippen LogP contribution in [0, 0.1) is 0 Å². The van der Waals surface area contributed by atoms with Gasteiger partial charge in [0.05, 0.1) is 22.7 Å². The molecule has 0 aliphatic rings. The molecule has 0 unspecified atom stereocenters. The molecule has 0 amide bonds. The molecule has 12 nitrogen and oxygen atoms in total. The number of aromatic nitrogens is 3. The molecule has 12 heteroatoms. The van der Waals surface area contributed by atoms with Crippen LogP contribution in [-0.4, -0.2) is 51.5 Å². The highest BCUT2D eigenvalue weighted by atomic mass is 16.3. The Hall–Kier alpha value is -5.59. The quantitative estimate of drug-likeness (QED) is 0.0886. The van der Waals surface area contributed by atoms with Gasteiger partial charge in [-0.2, -0.15) is 35.4 Å². The fraction of sp³-hybridized carbons (Fsp3) is 0.182. The molecule has 0 aliphatic carbocycles. The van der Waals surface area contributed by atoms with E-state index in [2.05, 4.69) is 46.0 Å². The van der Waals surface area contributed by atoms with Crippen molar-refractivity contribution in [1.82, 2.24) is 15.0 Å². The highest BCUT2D eigenvalue weighted by Crippen LogP contribution is 2.25. The van der Waals surface area contributed by atoms with Gasteiger partial charge in [0.2, 0.25) is 17.8 Å². The van der Waals surface area contributed by atoms with Crippen molar-refractivity contribution < 1.29 is 10.2 Å². The van der Waals surface area contributed by atoms with Crippen molar-refractivity contribution >= 4 is 52.0 Å². The van der Waals surface area contributed by atoms with E-state index in [1.165, 1.54) is 0 Å². The fourth-order valence-electron chi connectivity index (χ4n) is 4.15. The van der Waals surface area contributed by atoms with Crippen molar-refractivity contribution in [1.29, 1.82) is 0 Å². The second-order valence-corrected chi connectivity index (χ2v) is 9.84.